The summed E-state index contributed by atoms with van der Waals surface area (Å²) in [5, 5.41) is 11.9. The lowest BCUT2D eigenvalue weighted by Gasteiger charge is -2.05. The lowest BCUT2D eigenvalue weighted by Crippen LogP contribution is -2.25. The van der Waals surface area contributed by atoms with Gasteiger partial charge in [0.15, 0.2) is 0 Å². The molecule has 5 heteroatoms. The molecule has 2 rings (SSSR count). The first-order valence-corrected chi connectivity index (χ1v) is 5.80. The second-order valence-electron chi connectivity index (χ2n) is 4.02. The standard InChI is InChI=1S/C14H13NO4/c16-12-4-1-10(2-5-12)7-8-15-14(18)11-3-6-13(17)19-9-11/h1-6,9,16H,7-8H2,(H,15,18). The van der Waals surface area contributed by atoms with Crippen molar-refractivity contribution in [1.29, 1.82) is 0 Å². The van der Waals surface area contributed by atoms with Crippen molar-refractivity contribution in [1.82, 2.24) is 5.32 Å². The summed E-state index contributed by atoms with van der Waals surface area (Å²) in [6.07, 6.45) is 1.79. The van der Waals surface area contributed by atoms with Crippen LogP contribution in [0.4, 0.5) is 0 Å². The Labute approximate surface area is 109 Å². The molecule has 0 aliphatic rings. The van der Waals surface area contributed by atoms with Crippen molar-refractivity contribution in [3.63, 3.8) is 0 Å². The van der Waals surface area contributed by atoms with Crippen LogP contribution in [0, 0.1) is 0 Å². The Balaban J connectivity index is 1.85. The van der Waals surface area contributed by atoms with E-state index in [9.17, 15) is 9.59 Å². The molecule has 19 heavy (non-hydrogen) atoms. The molecule has 0 fully saturated rings. The maximum Gasteiger partial charge on any atom is 0.335 e. The Morgan fingerprint density at radius 2 is 1.89 bits per heavy atom. The number of aromatic hydroxyl groups is 1. The number of carbonyl (C=O) groups is 1. The van der Waals surface area contributed by atoms with Gasteiger partial charge in [0.1, 0.15) is 12.0 Å². The fourth-order valence-corrected chi connectivity index (χ4v) is 1.57. The Hall–Kier alpha value is -2.56. The van der Waals surface area contributed by atoms with E-state index in [1.54, 1.807) is 24.3 Å². The van der Waals surface area contributed by atoms with Gasteiger partial charge in [-0.05, 0) is 30.2 Å². The van der Waals surface area contributed by atoms with E-state index >= 15 is 0 Å². The molecule has 2 aromatic rings. The zero-order valence-corrected chi connectivity index (χ0v) is 10.1. The third kappa shape index (κ3) is 3.70. The maximum atomic E-state index is 11.7. The quantitative estimate of drug-likeness (QED) is 0.867. The van der Waals surface area contributed by atoms with Gasteiger partial charge in [0, 0.05) is 12.6 Å². The van der Waals surface area contributed by atoms with Gasteiger partial charge < -0.3 is 14.8 Å². The summed E-state index contributed by atoms with van der Waals surface area (Å²) in [5.74, 6) is -0.0744. The highest BCUT2D eigenvalue weighted by molar-refractivity contribution is 5.93. The second kappa shape index (κ2) is 5.86. The number of hydrogen-bond donors (Lipinski definition) is 2. The van der Waals surface area contributed by atoms with Crippen LogP contribution in [0.3, 0.4) is 0 Å². The Bertz CT molecular complexity index is 596. The maximum absolute atomic E-state index is 11.7. The van der Waals surface area contributed by atoms with Gasteiger partial charge >= 0.3 is 5.63 Å². The molecule has 0 aliphatic carbocycles. The molecule has 1 heterocycles. The molecule has 0 saturated carbocycles. The van der Waals surface area contributed by atoms with Crippen LogP contribution in [0.15, 0.2) is 51.9 Å². The monoisotopic (exact) mass is 259 g/mol. The van der Waals surface area contributed by atoms with Crippen LogP contribution >= 0.6 is 0 Å². The SMILES string of the molecule is O=C(NCCc1ccc(O)cc1)c1ccc(=O)oc1. The van der Waals surface area contributed by atoms with Crippen molar-refractivity contribution >= 4 is 5.91 Å². The first-order chi connectivity index (χ1) is 9.15. The third-order valence-corrected chi connectivity index (χ3v) is 2.60. The van der Waals surface area contributed by atoms with Crippen molar-refractivity contribution in [2.24, 2.45) is 0 Å². The summed E-state index contributed by atoms with van der Waals surface area (Å²) in [4.78, 5) is 22.4. The van der Waals surface area contributed by atoms with Gasteiger partial charge in [-0.15, -0.1) is 0 Å². The van der Waals surface area contributed by atoms with E-state index in [2.05, 4.69) is 9.73 Å². The van der Waals surface area contributed by atoms with E-state index in [1.165, 1.54) is 12.1 Å². The summed E-state index contributed by atoms with van der Waals surface area (Å²) in [7, 11) is 0. The fourth-order valence-electron chi connectivity index (χ4n) is 1.57. The summed E-state index contributed by atoms with van der Waals surface area (Å²) in [6, 6.07) is 9.41. The largest absolute Gasteiger partial charge is 0.508 e. The van der Waals surface area contributed by atoms with E-state index in [-0.39, 0.29) is 11.7 Å². The van der Waals surface area contributed by atoms with Crippen molar-refractivity contribution in [2.45, 2.75) is 6.42 Å². The molecular formula is C14H13NO4. The van der Waals surface area contributed by atoms with Gasteiger partial charge in [-0.25, -0.2) is 4.79 Å². The number of rotatable bonds is 4. The minimum Gasteiger partial charge on any atom is -0.508 e. The highest BCUT2D eigenvalue weighted by atomic mass is 16.4. The molecule has 5 nitrogen and oxygen atoms in total. The molecule has 0 atom stereocenters. The van der Waals surface area contributed by atoms with Crippen LogP contribution in [0.1, 0.15) is 15.9 Å². The van der Waals surface area contributed by atoms with Crippen LogP contribution in [-0.4, -0.2) is 17.6 Å². The van der Waals surface area contributed by atoms with Gasteiger partial charge in [0.2, 0.25) is 0 Å². The van der Waals surface area contributed by atoms with Crippen LogP contribution in [0.2, 0.25) is 0 Å². The third-order valence-electron chi connectivity index (χ3n) is 2.60. The van der Waals surface area contributed by atoms with E-state index in [4.69, 9.17) is 5.11 Å². The molecule has 0 unspecified atom stereocenters. The summed E-state index contributed by atoms with van der Waals surface area (Å²) < 4.78 is 4.61. The van der Waals surface area contributed by atoms with E-state index < -0.39 is 5.63 Å². The highest BCUT2D eigenvalue weighted by Gasteiger charge is 2.05. The van der Waals surface area contributed by atoms with Gasteiger partial charge in [-0.3, -0.25) is 4.79 Å². The number of amides is 1. The lowest BCUT2D eigenvalue weighted by molar-refractivity contribution is 0.0951. The molecule has 2 N–H and O–H groups in total. The fraction of sp³-hybridized carbons (Fsp3) is 0.143. The Morgan fingerprint density at radius 1 is 1.16 bits per heavy atom. The smallest absolute Gasteiger partial charge is 0.335 e. The molecule has 0 spiro atoms. The van der Waals surface area contributed by atoms with Crippen molar-refractivity contribution in [3.8, 4) is 5.75 Å². The average Bonchev–Trinajstić information content (AvgIpc) is 2.41. The van der Waals surface area contributed by atoms with Gasteiger partial charge in [0.25, 0.3) is 5.91 Å². The van der Waals surface area contributed by atoms with Gasteiger partial charge in [0.05, 0.1) is 5.56 Å². The molecule has 1 aromatic carbocycles. The predicted molar refractivity (Wildman–Crippen MR) is 69.1 cm³/mol. The van der Waals surface area contributed by atoms with E-state index in [1.807, 2.05) is 0 Å². The number of hydrogen-bond acceptors (Lipinski definition) is 4. The van der Waals surface area contributed by atoms with Crippen molar-refractivity contribution in [3.05, 3.63) is 64.2 Å². The van der Waals surface area contributed by atoms with Gasteiger partial charge in [-0.2, -0.15) is 0 Å². The molecule has 0 radical (unpaired) electrons. The summed E-state index contributed by atoms with van der Waals surface area (Å²) in [6.45, 7) is 0.461. The molecule has 98 valence electrons. The Kier molecular flexibility index (Phi) is 3.97. The lowest BCUT2D eigenvalue weighted by atomic mass is 10.1. The number of phenols is 1. The summed E-state index contributed by atoms with van der Waals surface area (Å²) in [5.41, 5.74) is 0.837. The minimum absolute atomic E-state index is 0.215. The Morgan fingerprint density at radius 3 is 2.53 bits per heavy atom. The molecule has 0 aliphatic heterocycles. The zero-order valence-electron chi connectivity index (χ0n) is 10.1. The van der Waals surface area contributed by atoms with Crippen LogP contribution in [0.5, 0.6) is 5.75 Å². The van der Waals surface area contributed by atoms with E-state index in [0.29, 0.717) is 18.5 Å². The van der Waals surface area contributed by atoms with E-state index in [0.717, 1.165) is 11.8 Å². The van der Waals surface area contributed by atoms with Crippen LogP contribution in [-0.2, 0) is 6.42 Å². The second-order valence-corrected chi connectivity index (χ2v) is 4.02. The van der Waals surface area contributed by atoms with Crippen LogP contribution in [0.25, 0.3) is 0 Å². The first-order valence-electron chi connectivity index (χ1n) is 5.80. The van der Waals surface area contributed by atoms with Gasteiger partial charge in [-0.1, -0.05) is 12.1 Å². The average molecular weight is 259 g/mol. The topological polar surface area (TPSA) is 79.5 Å². The number of carbonyl (C=O) groups excluding carboxylic acids is 1. The minimum atomic E-state index is -0.486. The molecule has 0 saturated heterocycles. The predicted octanol–water partition coefficient (Wildman–Crippen LogP) is 1.32. The van der Waals surface area contributed by atoms with Crippen molar-refractivity contribution < 1.29 is 14.3 Å². The normalized spacial score (nSPS) is 10.1. The van der Waals surface area contributed by atoms with Crippen molar-refractivity contribution in [2.75, 3.05) is 6.54 Å². The molecule has 1 aromatic heterocycles. The number of nitrogens with one attached hydrogen (secondary N) is 1. The molecule has 0 bridgehead atoms. The number of benzene rings is 1. The molecule has 1 amide bonds. The zero-order chi connectivity index (χ0) is 13.7. The molecular weight excluding hydrogens is 246 g/mol. The first kappa shape index (κ1) is 12.9. The highest BCUT2D eigenvalue weighted by Crippen LogP contribution is 2.09. The number of phenolic OH excluding ortho intramolecular Hbond substituents is 1. The summed E-state index contributed by atoms with van der Waals surface area (Å²) >= 11 is 0. The van der Waals surface area contributed by atoms with Crippen LogP contribution < -0.4 is 10.9 Å².